The number of amides is 2. The standard InChI is InChI=1S/C14H10F3N5O3S/c15-14(16,17)9-1-4-12(19-7-9)26-11-3-2-10(22(24)25)5-8(11)6-20-21-13(18)23/h1-7H,(H3,18,21,23). The first kappa shape index (κ1) is 19.2. The van der Waals surface area contributed by atoms with E-state index in [-0.39, 0.29) is 16.3 Å². The number of alkyl halides is 3. The summed E-state index contributed by atoms with van der Waals surface area (Å²) in [5.74, 6) is 0. The van der Waals surface area contributed by atoms with Crippen LogP contribution in [0.2, 0.25) is 0 Å². The summed E-state index contributed by atoms with van der Waals surface area (Å²) in [6.45, 7) is 0. The lowest BCUT2D eigenvalue weighted by Gasteiger charge is -2.08. The molecular formula is C14H10F3N5O3S. The molecule has 8 nitrogen and oxygen atoms in total. The maximum absolute atomic E-state index is 12.6. The monoisotopic (exact) mass is 385 g/mol. The van der Waals surface area contributed by atoms with Crippen LogP contribution in [0.1, 0.15) is 11.1 Å². The number of halogens is 3. The Balaban J connectivity index is 2.31. The van der Waals surface area contributed by atoms with Gasteiger partial charge in [-0.05, 0) is 18.2 Å². The first-order valence-electron chi connectivity index (χ1n) is 6.75. The lowest BCUT2D eigenvalue weighted by molar-refractivity contribution is -0.384. The molecule has 0 atom stereocenters. The predicted molar refractivity (Wildman–Crippen MR) is 86.8 cm³/mol. The molecule has 0 aliphatic carbocycles. The maximum atomic E-state index is 12.6. The lowest BCUT2D eigenvalue weighted by atomic mass is 10.2. The molecule has 0 bridgehead atoms. The second kappa shape index (κ2) is 7.82. The summed E-state index contributed by atoms with van der Waals surface area (Å²) in [5, 5.41) is 14.7. The molecule has 2 amide bonds. The Kier molecular flexibility index (Phi) is 5.77. The number of aromatic nitrogens is 1. The molecule has 2 rings (SSSR count). The lowest BCUT2D eigenvalue weighted by Crippen LogP contribution is -2.24. The summed E-state index contributed by atoms with van der Waals surface area (Å²) >= 11 is 0.977. The molecule has 26 heavy (non-hydrogen) atoms. The molecule has 0 aliphatic rings. The van der Waals surface area contributed by atoms with Crippen LogP contribution >= 0.6 is 11.8 Å². The second-order valence-electron chi connectivity index (χ2n) is 4.70. The molecule has 0 unspecified atom stereocenters. The number of nitrogens with zero attached hydrogens (tertiary/aromatic N) is 3. The zero-order chi connectivity index (χ0) is 19.3. The number of non-ortho nitro benzene ring substituents is 1. The van der Waals surface area contributed by atoms with E-state index in [1.807, 2.05) is 5.43 Å². The number of nitrogens with one attached hydrogen (secondary N) is 1. The molecule has 12 heteroatoms. The highest BCUT2D eigenvalue weighted by Gasteiger charge is 2.30. The van der Waals surface area contributed by atoms with E-state index in [9.17, 15) is 28.1 Å². The van der Waals surface area contributed by atoms with Gasteiger partial charge in [-0.15, -0.1) is 0 Å². The van der Waals surface area contributed by atoms with Gasteiger partial charge in [0.2, 0.25) is 0 Å². The van der Waals surface area contributed by atoms with Gasteiger partial charge in [0.1, 0.15) is 5.03 Å². The Morgan fingerprint density at radius 2 is 2.08 bits per heavy atom. The van der Waals surface area contributed by atoms with Crippen LogP contribution in [0.25, 0.3) is 0 Å². The van der Waals surface area contributed by atoms with Gasteiger partial charge < -0.3 is 5.73 Å². The van der Waals surface area contributed by atoms with Gasteiger partial charge in [-0.2, -0.15) is 18.3 Å². The normalized spacial score (nSPS) is 11.5. The Bertz CT molecular complexity index is 856. The number of carbonyl (C=O) groups excluding carboxylic acids is 1. The number of benzene rings is 1. The third kappa shape index (κ3) is 5.17. The molecule has 3 N–H and O–H groups in total. The summed E-state index contributed by atoms with van der Waals surface area (Å²) in [6.07, 6.45) is -2.68. The predicted octanol–water partition coefficient (Wildman–Crippen LogP) is 3.16. The number of carbonyl (C=O) groups is 1. The fourth-order valence-electron chi connectivity index (χ4n) is 1.73. The molecular weight excluding hydrogens is 375 g/mol. The summed E-state index contributed by atoms with van der Waals surface area (Å²) in [7, 11) is 0. The Hall–Kier alpha value is -3.15. The third-order valence-electron chi connectivity index (χ3n) is 2.86. The van der Waals surface area contributed by atoms with Crippen molar-refractivity contribution in [2.24, 2.45) is 10.8 Å². The van der Waals surface area contributed by atoms with Gasteiger partial charge in [0, 0.05) is 28.8 Å². The van der Waals surface area contributed by atoms with E-state index in [1.54, 1.807) is 0 Å². The summed E-state index contributed by atoms with van der Waals surface area (Å²) < 4.78 is 37.7. The molecule has 1 heterocycles. The number of hydrogen-bond acceptors (Lipinski definition) is 6. The van der Waals surface area contributed by atoms with Crippen LogP contribution in [-0.2, 0) is 6.18 Å². The van der Waals surface area contributed by atoms with Crippen LogP contribution in [0.3, 0.4) is 0 Å². The average Bonchev–Trinajstić information content (AvgIpc) is 2.55. The van der Waals surface area contributed by atoms with Gasteiger partial charge in [0.25, 0.3) is 5.69 Å². The molecule has 1 aromatic heterocycles. The smallest absolute Gasteiger partial charge is 0.350 e. The first-order valence-corrected chi connectivity index (χ1v) is 7.56. The molecule has 136 valence electrons. The molecule has 0 saturated heterocycles. The number of nitro groups is 1. The van der Waals surface area contributed by atoms with Crippen molar-refractivity contribution in [2.45, 2.75) is 16.1 Å². The van der Waals surface area contributed by atoms with Crippen LogP contribution in [-0.4, -0.2) is 22.2 Å². The highest BCUT2D eigenvalue weighted by Crippen LogP contribution is 2.33. The van der Waals surface area contributed by atoms with Gasteiger partial charge in [-0.3, -0.25) is 10.1 Å². The fourth-order valence-corrected chi connectivity index (χ4v) is 2.56. The van der Waals surface area contributed by atoms with Crippen molar-refractivity contribution < 1.29 is 22.9 Å². The number of hydrazone groups is 1. The quantitative estimate of drug-likeness (QED) is 0.465. The van der Waals surface area contributed by atoms with E-state index in [1.165, 1.54) is 24.3 Å². The second-order valence-corrected chi connectivity index (χ2v) is 5.76. The van der Waals surface area contributed by atoms with Crippen LogP contribution in [0.5, 0.6) is 0 Å². The number of hydrogen-bond donors (Lipinski definition) is 2. The van der Waals surface area contributed by atoms with Crippen molar-refractivity contribution in [3.05, 3.63) is 57.8 Å². The van der Waals surface area contributed by atoms with Crippen LogP contribution in [0, 0.1) is 10.1 Å². The molecule has 1 aromatic carbocycles. The van der Waals surface area contributed by atoms with Crippen molar-refractivity contribution >= 4 is 29.7 Å². The zero-order valence-corrected chi connectivity index (χ0v) is 13.5. The maximum Gasteiger partial charge on any atom is 0.417 e. The van der Waals surface area contributed by atoms with E-state index >= 15 is 0 Å². The summed E-state index contributed by atoms with van der Waals surface area (Å²) in [6, 6.07) is 4.95. The van der Waals surface area contributed by atoms with Gasteiger partial charge in [-0.1, -0.05) is 11.8 Å². The molecule has 0 radical (unpaired) electrons. The van der Waals surface area contributed by atoms with E-state index in [2.05, 4.69) is 10.1 Å². The van der Waals surface area contributed by atoms with Crippen LogP contribution in [0.15, 0.2) is 51.6 Å². The van der Waals surface area contributed by atoms with Crippen LogP contribution < -0.4 is 11.2 Å². The number of rotatable bonds is 5. The van der Waals surface area contributed by atoms with Crippen molar-refractivity contribution in [3.63, 3.8) is 0 Å². The van der Waals surface area contributed by atoms with Gasteiger partial charge in [0.15, 0.2) is 0 Å². The van der Waals surface area contributed by atoms with E-state index in [4.69, 9.17) is 5.73 Å². The van der Waals surface area contributed by atoms with Crippen LogP contribution in [0.4, 0.5) is 23.7 Å². The molecule has 0 aliphatic heterocycles. The van der Waals surface area contributed by atoms with E-state index < -0.39 is 22.7 Å². The molecule has 0 saturated carbocycles. The number of nitrogens with two attached hydrogens (primary N) is 1. The number of pyridine rings is 1. The highest BCUT2D eigenvalue weighted by molar-refractivity contribution is 7.99. The SMILES string of the molecule is NC(=O)NN=Cc1cc([N+](=O)[O-])ccc1Sc1ccc(C(F)(F)F)cn1. The van der Waals surface area contributed by atoms with E-state index in [0.29, 0.717) is 11.1 Å². The zero-order valence-electron chi connectivity index (χ0n) is 12.7. The van der Waals surface area contributed by atoms with Gasteiger partial charge in [0.05, 0.1) is 16.7 Å². The fraction of sp³-hybridized carbons (Fsp3) is 0.0714. The molecule has 0 spiro atoms. The van der Waals surface area contributed by atoms with Crippen molar-refractivity contribution in [3.8, 4) is 0 Å². The summed E-state index contributed by atoms with van der Waals surface area (Å²) in [5.41, 5.74) is 5.95. The number of nitro benzene ring substituents is 1. The highest BCUT2D eigenvalue weighted by atomic mass is 32.2. The Morgan fingerprint density at radius 1 is 1.35 bits per heavy atom. The van der Waals surface area contributed by atoms with E-state index in [0.717, 1.165) is 24.0 Å². The van der Waals surface area contributed by atoms with Gasteiger partial charge in [-0.25, -0.2) is 15.2 Å². The summed E-state index contributed by atoms with van der Waals surface area (Å²) in [4.78, 5) is 25.0. The number of urea groups is 1. The van der Waals surface area contributed by atoms with Crippen molar-refractivity contribution in [2.75, 3.05) is 0 Å². The minimum absolute atomic E-state index is 0.227. The number of primary amides is 1. The Morgan fingerprint density at radius 3 is 2.62 bits per heavy atom. The Labute approximate surface area is 148 Å². The average molecular weight is 385 g/mol. The molecule has 2 aromatic rings. The topological polar surface area (TPSA) is 124 Å². The third-order valence-corrected chi connectivity index (χ3v) is 3.90. The minimum atomic E-state index is -4.50. The van der Waals surface area contributed by atoms with Crippen molar-refractivity contribution in [1.29, 1.82) is 0 Å². The van der Waals surface area contributed by atoms with Gasteiger partial charge >= 0.3 is 12.2 Å². The van der Waals surface area contributed by atoms with Crippen molar-refractivity contribution in [1.82, 2.24) is 10.4 Å². The minimum Gasteiger partial charge on any atom is -0.350 e. The molecule has 0 fully saturated rings. The largest absolute Gasteiger partial charge is 0.417 e. The first-order chi connectivity index (χ1) is 12.2.